The molecule has 2 atom stereocenters. The van der Waals surface area contributed by atoms with Crippen molar-refractivity contribution in [3.63, 3.8) is 0 Å². The maximum atomic E-state index is 12.6. The number of amides is 2. The molecule has 3 N–H and O–H groups in total. The summed E-state index contributed by atoms with van der Waals surface area (Å²) in [5, 5.41) is 9.37. The molecule has 2 aromatic carbocycles. The topological polar surface area (TPSA) is 70.2 Å². The lowest BCUT2D eigenvalue weighted by atomic mass is 10.0. The minimum absolute atomic E-state index is 0.0835. The van der Waals surface area contributed by atoms with Crippen LogP contribution in [0.25, 0.3) is 0 Å². The summed E-state index contributed by atoms with van der Waals surface area (Å²) in [6, 6.07) is 17.6. The number of para-hydroxylation sites is 1. The van der Waals surface area contributed by atoms with Gasteiger partial charge in [0.1, 0.15) is 0 Å². The van der Waals surface area contributed by atoms with Crippen molar-refractivity contribution >= 4 is 17.5 Å². The molecule has 0 aromatic heterocycles. The number of rotatable bonds is 9. The van der Waals surface area contributed by atoms with Gasteiger partial charge >= 0.3 is 0 Å². The number of hydrogen-bond donors (Lipinski definition) is 3. The zero-order valence-corrected chi connectivity index (χ0v) is 17.2. The number of carbonyl (C=O) groups is 2. The van der Waals surface area contributed by atoms with Crippen LogP contribution in [0.15, 0.2) is 54.6 Å². The average molecular weight is 382 g/mol. The van der Waals surface area contributed by atoms with Crippen molar-refractivity contribution < 1.29 is 9.59 Å². The molecule has 0 fully saturated rings. The molecule has 5 heteroatoms. The van der Waals surface area contributed by atoms with Crippen LogP contribution in [0.5, 0.6) is 0 Å². The number of carbonyl (C=O) groups excluding carboxylic acids is 2. The van der Waals surface area contributed by atoms with Gasteiger partial charge in [0.05, 0.1) is 12.5 Å². The van der Waals surface area contributed by atoms with E-state index in [1.54, 1.807) is 0 Å². The van der Waals surface area contributed by atoms with Gasteiger partial charge in [-0.15, -0.1) is 0 Å². The molecule has 0 spiro atoms. The van der Waals surface area contributed by atoms with Crippen molar-refractivity contribution in [3.05, 3.63) is 65.7 Å². The molecule has 0 heterocycles. The lowest BCUT2D eigenvalue weighted by Crippen LogP contribution is -2.41. The van der Waals surface area contributed by atoms with E-state index in [1.807, 2.05) is 61.5 Å². The Morgan fingerprint density at radius 2 is 1.61 bits per heavy atom. The number of hydrogen-bond acceptors (Lipinski definition) is 3. The van der Waals surface area contributed by atoms with E-state index in [1.165, 1.54) is 6.92 Å². The van der Waals surface area contributed by atoms with E-state index in [0.29, 0.717) is 12.5 Å². The molecule has 2 amide bonds. The first-order valence-electron chi connectivity index (χ1n) is 9.77. The highest BCUT2D eigenvalue weighted by Gasteiger charge is 2.19. The second-order valence-corrected chi connectivity index (χ2v) is 7.53. The van der Waals surface area contributed by atoms with Gasteiger partial charge in [-0.05, 0) is 30.5 Å². The second-order valence-electron chi connectivity index (χ2n) is 7.53. The van der Waals surface area contributed by atoms with Crippen molar-refractivity contribution in [1.29, 1.82) is 0 Å². The molecule has 0 aliphatic rings. The Hall–Kier alpha value is -2.82. The van der Waals surface area contributed by atoms with Gasteiger partial charge in [-0.1, -0.05) is 61.9 Å². The van der Waals surface area contributed by atoms with Crippen LogP contribution in [0.1, 0.15) is 44.4 Å². The molecule has 0 aliphatic heterocycles. The zero-order chi connectivity index (χ0) is 20.5. The number of anilines is 1. The quantitative estimate of drug-likeness (QED) is 0.618. The van der Waals surface area contributed by atoms with Crippen LogP contribution in [-0.4, -0.2) is 24.4 Å². The molecule has 150 valence electrons. The zero-order valence-electron chi connectivity index (χ0n) is 17.2. The average Bonchev–Trinajstić information content (AvgIpc) is 2.65. The molecule has 2 unspecified atom stereocenters. The molecule has 0 aliphatic carbocycles. The van der Waals surface area contributed by atoms with Gasteiger partial charge in [-0.3, -0.25) is 9.59 Å². The van der Waals surface area contributed by atoms with E-state index < -0.39 is 0 Å². The minimum atomic E-state index is -0.335. The number of benzene rings is 2. The molecule has 2 rings (SSSR count). The molecule has 0 bridgehead atoms. The van der Waals surface area contributed by atoms with E-state index in [-0.39, 0.29) is 30.3 Å². The smallest absolute Gasteiger partial charge is 0.222 e. The molecule has 0 saturated heterocycles. The van der Waals surface area contributed by atoms with E-state index in [4.69, 9.17) is 0 Å². The van der Waals surface area contributed by atoms with Gasteiger partial charge in [0.2, 0.25) is 11.8 Å². The van der Waals surface area contributed by atoms with Gasteiger partial charge in [-0.2, -0.15) is 0 Å². The predicted molar refractivity (Wildman–Crippen MR) is 114 cm³/mol. The van der Waals surface area contributed by atoms with Crippen molar-refractivity contribution in [1.82, 2.24) is 10.6 Å². The van der Waals surface area contributed by atoms with Crippen molar-refractivity contribution in [2.24, 2.45) is 5.92 Å². The van der Waals surface area contributed by atoms with Crippen molar-refractivity contribution in [2.75, 3.05) is 11.9 Å². The molecule has 0 radical (unpaired) electrons. The van der Waals surface area contributed by atoms with E-state index >= 15 is 0 Å². The Morgan fingerprint density at radius 1 is 0.964 bits per heavy atom. The van der Waals surface area contributed by atoms with E-state index in [0.717, 1.165) is 16.8 Å². The summed E-state index contributed by atoms with van der Waals surface area (Å²) in [5.41, 5.74) is 3.10. The van der Waals surface area contributed by atoms with Crippen LogP contribution >= 0.6 is 0 Å². The number of aryl methyl sites for hydroxylation is 1. The Kier molecular flexibility index (Phi) is 8.05. The van der Waals surface area contributed by atoms with Crippen LogP contribution in [0.2, 0.25) is 0 Å². The van der Waals surface area contributed by atoms with Crippen LogP contribution in [0.4, 0.5) is 5.69 Å². The van der Waals surface area contributed by atoms with Crippen molar-refractivity contribution in [3.8, 4) is 0 Å². The van der Waals surface area contributed by atoms with E-state index in [2.05, 4.69) is 29.8 Å². The summed E-state index contributed by atoms with van der Waals surface area (Å²) < 4.78 is 0. The molecule has 5 nitrogen and oxygen atoms in total. The molecular formula is C23H31N3O2. The minimum Gasteiger partial charge on any atom is -0.380 e. The van der Waals surface area contributed by atoms with Gasteiger partial charge in [0.15, 0.2) is 0 Å². The second kappa shape index (κ2) is 10.5. The first kappa shape index (κ1) is 21.5. The van der Waals surface area contributed by atoms with Crippen LogP contribution in [0.3, 0.4) is 0 Å². The van der Waals surface area contributed by atoms with Gasteiger partial charge < -0.3 is 16.0 Å². The Labute approximate surface area is 167 Å². The molecule has 0 saturated carbocycles. The SMILES string of the molecule is CC(=O)NC(CC(=O)NCC(Nc1ccccc1)C(C)C)c1ccc(C)cc1. The third-order valence-electron chi connectivity index (χ3n) is 4.70. The predicted octanol–water partition coefficient (Wildman–Crippen LogP) is 3.82. The fourth-order valence-corrected chi connectivity index (χ4v) is 2.98. The summed E-state index contributed by atoms with van der Waals surface area (Å²) >= 11 is 0. The Morgan fingerprint density at radius 3 is 2.18 bits per heavy atom. The Bertz CT molecular complexity index is 757. The standard InChI is InChI=1S/C23H31N3O2/c1-16(2)22(26-20-8-6-5-7-9-20)15-24-23(28)14-21(25-18(4)27)19-12-10-17(3)11-13-19/h5-13,16,21-22,26H,14-15H2,1-4H3,(H,24,28)(H,25,27). The third kappa shape index (κ3) is 7.06. The Balaban J connectivity index is 1.96. The van der Waals surface area contributed by atoms with Gasteiger partial charge in [0.25, 0.3) is 0 Å². The van der Waals surface area contributed by atoms with Gasteiger partial charge in [0, 0.05) is 25.2 Å². The van der Waals surface area contributed by atoms with Crippen LogP contribution in [0, 0.1) is 12.8 Å². The normalized spacial score (nSPS) is 12.9. The lowest BCUT2D eigenvalue weighted by molar-refractivity contribution is -0.122. The monoisotopic (exact) mass is 381 g/mol. The number of nitrogens with one attached hydrogen (secondary N) is 3. The first-order chi connectivity index (χ1) is 13.3. The summed E-state index contributed by atoms with van der Waals surface area (Å²) in [6.07, 6.45) is 0.207. The highest BCUT2D eigenvalue weighted by atomic mass is 16.2. The highest BCUT2D eigenvalue weighted by Crippen LogP contribution is 2.18. The lowest BCUT2D eigenvalue weighted by Gasteiger charge is -2.25. The van der Waals surface area contributed by atoms with Crippen LogP contribution < -0.4 is 16.0 Å². The molecule has 28 heavy (non-hydrogen) atoms. The molecular weight excluding hydrogens is 350 g/mol. The summed E-state index contributed by atoms with van der Waals surface area (Å²) in [5.74, 6) is 0.118. The maximum absolute atomic E-state index is 12.6. The fourth-order valence-electron chi connectivity index (χ4n) is 2.98. The fraction of sp³-hybridized carbons (Fsp3) is 0.391. The highest BCUT2D eigenvalue weighted by molar-refractivity contribution is 5.79. The summed E-state index contributed by atoms with van der Waals surface area (Å²) in [4.78, 5) is 24.1. The van der Waals surface area contributed by atoms with E-state index in [9.17, 15) is 9.59 Å². The summed E-state index contributed by atoms with van der Waals surface area (Å²) in [6.45, 7) is 8.25. The van der Waals surface area contributed by atoms with Crippen molar-refractivity contribution in [2.45, 2.75) is 46.2 Å². The largest absolute Gasteiger partial charge is 0.380 e. The van der Waals surface area contributed by atoms with Crippen LogP contribution in [-0.2, 0) is 9.59 Å². The molecule has 2 aromatic rings. The van der Waals surface area contributed by atoms with Gasteiger partial charge in [-0.25, -0.2) is 0 Å². The third-order valence-corrected chi connectivity index (χ3v) is 4.70. The maximum Gasteiger partial charge on any atom is 0.222 e. The summed E-state index contributed by atoms with van der Waals surface area (Å²) in [7, 11) is 0. The first-order valence-corrected chi connectivity index (χ1v) is 9.77.